The molecule has 1 amide bonds. The topological polar surface area (TPSA) is 66.4 Å². The monoisotopic (exact) mass is 283 g/mol. The van der Waals surface area contributed by atoms with Crippen molar-refractivity contribution in [2.45, 2.75) is 18.9 Å². The number of benzene rings is 2. The van der Waals surface area contributed by atoms with Gasteiger partial charge in [-0.05, 0) is 24.6 Å². The zero-order valence-electron chi connectivity index (χ0n) is 11.7. The molecule has 1 atom stereocenters. The van der Waals surface area contributed by atoms with Gasteiger partial charge < -0.3 is 10.4 Å². The van der Waals surface area contributed by atoms with Crippen LogP contribution in [0, 0.1) is 0 Å². The molecule has 2 rings (SSSR count). The van der Waals surface area contributed by atoms with Crippen molar-refractivity contribution in [1.29, 1.82) is 0 Å². The Hall–Kier alpha value is -2.62. The second-order valence-electron chi connectivity index (χ2n) is 5.12. The Morgan fingerprint density at radius 1 is 1.00 bits per heavy atom. The van der Waals surface area contributed by atoms with Crippen LogP contribution < -0.4 is 5.32 Å². The number of rotatable bonds is 5. The van der Waals surface area contributed by atoms with E-state index in [0.717, 1.165) is 5.56 Å². The number of carbonyl (C=O) groups is 2. The summed E-state index contributed by atoms with van der Waals surface area (Å²) in [6, 6.07) is 17.8. The Bertz CT molecular complexity index is 625. The van der Waals surface area contributed by atoms with Crippen LogP contribution in [-0.4, -0.2) is 22.5 Å². The van der Waals surface area contributed by atoms with E-state index >= 15 is 0 Å². The molecule has 0 saturated carbocycles. The van der Waals surface area contributed by atoms with E-state index in [-0.39, 0.29) is 6.42 Å². The minimum atomic E-state index is -1.35. The van der Waals surface area contributed by atoms with E-state index in [9.17, 15) is 14.7 Å². The third-order valence-electron chi connectivity index (χ3n) is 3.30. The number of aliphatic carboxylic acids is 1. The van der Waals surface area contributed by atoms with Crippen LogP contribution in [0.1, 0.15) is 22.8 Å². The molecule has 1 unspecified atom stereocenters. The highest BCUT2D eigenvalue weighted by Gasteiger charge is 2.35. The van der Waals surface area contributed by atoms with Gasteiger partial charge in [0.1, 0.15) is 5.54 Å². The molecule has 0 aliphatic heterocycles. The lowest BCUT2D eigenvalue weighted by Gasteiger charge is -2.26. The van der Waals surface area contributed by atoms with Gasteiger partial charge in [0, 0.05) is 12.0 Å². The largest absolute Gasteiger partial charge is 0.480 e. The van der Waals surface area contributed by atoms with E-state index in [1.54, 1.807) is 30.3 Å². The molecule has 21 heavy (non-hydrogen) atoms. The molecule has 0 spiro atoms. The number of nitrogens with one attached hydrogen (secondary N) is 1. The van der Waals surface area contributed by atoms with Crippen molar-refractivity contribution >= 4 is 11.9 Å². The third kappa shape index (κ3) is 3.69. The number of carbonyl (C=O) groups excluding carboxylic acids is 1. The Kier molecular flexibility index (Phi) is 4.38. The first-order valence-corrected chi connectivity index (χ1v) is 6.66. The van der Waals surface area contributed by atoms with Gasteiger partial charge in [-0.3, -0.25) is 4.79 Å². The van der Waals surface area contributed by atoms with Crippen molar-refractivity contribution in [3.63, 3.8) is 0 Å². The molecule has 2 N–H and O–H groups in total. The van der Waals surface area contributed by atoms with E-state index in [4.69, 9.17) is 0 Å². The number of hydrogen-bond donors (Lipinski definition) is 2. The Labute approximate surface area is 123 Å². The highest BCUT2D eigenvalue weighted by atomic mass is 16.4. The number of hydrogen-bond acceptors (Lipinski definition) is 2. The average Bonchev–Trinajstić information content (AvgIpc) is 2.49. The highest BCUT2D eigenvalue weighted by molar-refractivity contribution is 5.97. The molecular weight excluding hydrogens is 266 g/mol. The maximum Gasteiger partial charge on any atom is 0.329 e. The Morgan fingerprint density at radius 3 is 2.05 bits per heavy atom. The van der Waals surface area contributed by atoms with Gasteiger partial charge in [0.2, 0.25) is 0 Å². The fraction of sp³-hybridized carbons (Fsp3) is 0.176. The Morgan fingerprint density at radius 2 is 1.52 bits per heavy atom. The lowest BCUT2D eigenvalue weighted by atomic mass is 9.92. The summed E-state index contributed by atoms with van der Waals surface area (Å²) in [6.07, 6.45) is 0.224. The minimum absolute atomic E-state index is 0.224. The average molecular weight is 283 g/mol. The van der Waals surface area contributed by atoms with Gasteiger partial charge in [-0.15, -0.1) is 0 Å². The van der Waals surface area contributed by atoms with E-state index in [2.05, 4.69) is 5.32 Å². The summed E-state index contributed by atoms with van der Waals surface area (Å²) in [5, 5.41) is 12.1. The predicted octanol–water partition coefficient (Wildman–Crippen LogP) is 2.50. The minimum Gasteiger partial charge on any atom is -0.480 e. The van der Waals surface area contributed by atoms with Gasteiger partial charge in [-0.2, -0.15) is 0 Å². The fourth-order valence-corrected chi connectivity index (χ4v) is 2.09. The van der Waals surface area contributed by atoms with Gasteiger partial charge in [0.15, 0.2) is 0 Å². The first kappa shape index (κ1) is 14.8. The van der Waals surface area contributed by atoms with E-state index in [1.165, 1.54) is 6.92 Å². The summed E-state index contributed by atoms with van der Waals surface area (Å²) in [4.78, 5) is 23.8. The van der Waals surface area contributed by atoms with E-state index in [0.29, 0.717) is 5.56 Å². The van der Waals surface area contributed by atoms with Gasteiger partial charge in [0.25, 0.3) is 5.91 Å². The van der Waals surface area contributed by atoms with Gasteiger partial charge in [-0.1, -0.05) is 48.5 Å². The molecule has 4 nitrogen and oxygen atoms in total. The zero-order chi connectivity index (χ0) is 15.3. The number of carboxylic acid groups (broad SMARTS) is 1. The zero-order valence-corrected chi connectivity index (χ0v) is 11.7. The molecule has 0 heterocycles. The third-order valence-corrected chi connectivity index (χ3v) is 3.30. The number of carboxylic acids is 1. The lowest BCUT2D eigenvalue weighted by molar-refractivity contribution is -0.143. The van der Waals surface area contributed by atoms with Gasteiger partial charge in [-0.25, -0.2) is 4.79 Å². The number of amides is 1. The van der Waals surface area contributed by atoms with Crippen molar-refractivity contribution in [3.8, 4) is 0 Å². The summed E-state index contributed by atoms with van der Waals surface area (Å²) in [7, 11) is 0. The predicted molar refractivity (Wildman–Crippen MR) is 80.1 cm³/mol. The van der Waals surface area contributed by atoms with Crippen LogP contribution in [0.25, 0.3) is 0 Å². The first-order valence-electron chi connectivity index (χ1n) is 6.66. The second-order valence-corrected chi connectivity index (χ2v) is 5.12. The highest BCUT2D eigenvalue weighted by Crippen LogP contribution is 2.15. The molecular formula is C17H17NO3. The summed E-state index contributed by atoms with van der Waals surface area (Å²) in [5.41, 5.74) is -0.0531. The molecule has 2 aromatic carbocycles. The van der Waals surface area contributed by atoms with Crippen LogP contribution in [0.4, 0.5) is 0 Å². The molecule has 0 fully saturated rings. The van der Waals surface area contributed by atoms with Crippen LogP contribution in [-0.2, 0) is 11.2 Å². The van der Waals surface area contributed by atoms with Crippen LogP contribution in [0.3, 0.4) is 0 Å². The Balaban J connectivity index is 2.19. The molecule has 2 aromatic rings. The quantitative estimate of drug-likeness (QED) is 0.886. The van der Waals surface area contributed by atoms with Crippen molar-refractivity contribution in [1.82, 2.24) is 5.32 Å². The summed E-state index contributed by atoms with van der Waals surface area (Å²) in [6.45, 7) is 1.52. The smallest absolute Gasteiger partial charge is 0.329 e. The van der Waals surface area contributed by atoms with Crippen LogP contribution >= 0.6 is 0 Å². The van der Waals surface area contributed by atoms with E-state index in [1.807, 2.05) is 30.3 Å². The fourth-order valence-electron chi connectivity index (χ4n) is 2.09. The lowest BCUT2D eigenvalue weighted by Crippen LogP contribution is -2.53. The summed E-state index contributed by atoms with van der Waals surface area (Å²) in [5.74, 6) is -1.45. The van der Waals surface area contributed by atoms with Crippen LogP contribution in [0.15, 0.2) is 60.7 Å². The van der Waals surface area contributed by atoms with Crippen LogP contribution in [0.2, 0.25) is 0 Å². The molecule has 0 aliphatic rings. The molecule has 0 aliphatic carbocycles. The SMILES string of the molecule is CC(Cc1ccccc1)(NC(=O)c1ccccc1)C(=O)O. The van der Waals surface area contributed by atoms with Gasteiger partial charge in [0.05, 0.1) is 0 Å². The standard InChI is InChI=1S/C17H17NO3/c1-17(16(20)21,12-13-8-4-2-5-9-13)18-15(19)14-10-6-3-7-11-14/h2-11H,12H2,1H3,(H,18,19)(H,20,21). The molecule has 108 valence electrons. The summed E-state index contributed by atoms with van der Waals surface area (Å²) >= 11 is 0. The van der Waals surface area contributed by atoms with Crippen molar-refractivity contribution in [2.75, 3.05) is 0 Å². The van der Waals surface area contributed by atoms with Crippen molar-refractivity contribution in [2.24, 2.45) is 0 Å². The molecule has 0 saturated heterocycles. The van der Waals surface area contributed by atoms with Crippen LogP contribution in [0.5, 0.6) is 0 Å². The summed E-state index contributed by atoms with van der Waals surface area (Å²) < 4.78 is 0. The van der Waals surface area contributed by atoms with Gasteiger partial charge >= 0.3 is 5.97 Å². The molecule has 0 bridgehead atoms. The normalized spacial score (nSPS) is 13.2. The molecule has 0 radical (unpaired) electrons. The maximum atomic E-state index is 12.2. The van der Waals surface area contributed by atoms with E-state index < -0.39 is 17.4 Å². The first-order chi connectivity index (χ1) is 10.0. The molecule has 4 heteroatoms. The maximum absolute atomic E-state index is 12.2. The van der Waals surface area contributed by atoms with Crippen molar-refractivity contribution < 1.29 is 14.7 Å². The van der Waals surface area contributed by atoms with Crippen molar-refractivity contribution in [3.05, 3.63) is 71.8 Å². The molecule has 0 aromatic heterocycles. The second kappa shape index (κ2) is 6.22.